The van der Waals surface area contributed by atoms with E-state index >= 15 is 0 Å². The van der Waals surface area contributed by atoms with Gasteiger partial charge in [-0.15, -0.1) is 0 Å². The molecule has 1 atom stereocenters. The lowest BCUT2D eigenvalue weighted by atomic mass is 10.2. The predicted octanol–water partition coefficient (Wildman–Crippen LogP) is 5.02. The Bertz CT molecular complexity index is 638. The highest BCUT2D eigenvalue weighted by Gasteiger charge is 2.18. The van der Waals surface area contributed by atoms with E-state index in [2.05, 4.69) is 37.9 Å². The highest BCUT2D eigenvalue weighted by molar-refractivity contribution is 7.57. The summed E-state index contributed by atoms with van der Waals surface area (Å²) in [6, 6.07) is 18.0. The molecule has 2 aromatic rings. The molecule has 0 aliphatic heterocycles. The zero-order valence-corrected chi connectivity index (χ0v) is 14.6. The van der Waals surface area contributed by atoms with Crippen LogP contribution in [0.3, 0.4) is 0 Å². The number of nitrogens with zero attached hydrogens (tertiary/aromatic N) is 1. The topological polar surface area (TPSA) is 29.5 Å². The van der Waals surface area contributed by atoms with Crippen molar-refractivity contribution in [2.24, 2.45) is 0 Å². The molecule has 1 unspecified atom stereocenters. The zero-order chi connectivity index (χ0) is 16.2. The van der Waals surface area contributed by atoms with Crippen LogP contribution in [0.5, 0.6) is 5.75 Å². The van der Waals surface area contributed by atoms with Crippen molar-refractivity contribution in [3.8, 4) is 5.75 Å². The minimum atomic E-state index is -2.71. The van der Waals surface area contributed by atoms with Gasteiger partial charge >= 0.3 is 0 Å². The summed E-state index contributed by atoms with van der Waals surface area (Å²) in [5.41, 5.74) is 2.19. The Balaban J connectivity index is 2.05. The average molecular weight is 317 g/mol. The Morgan fingerprint density at radius 3 is 2.18 bits per heavy atom. The van der Waals surface area contributed by atoms with Crippen LogP contribution in [0.2, 0.25) is 0 Å². The maximum atomic E-state index is 12.6. The second kappa shape index (κ2) is 7.02. The Hall–Kier alpha value is -1.73. The van der Waals surface area contributed by atoms with Gasteiger partial charge in [0.15, 0.2) is 0 Å². The van der Waals surface area contributed by atoms with Gasteiger partial charge in [-0.1, -0.05) is 30.3 Å². The summed E-state index contributed by atoms with van der Waals surface area (Å²) in [6.07, 6.45) is 0.438. The van der Waals surface area contributed by atoms with Crippen LogP contribution in [0.1, 0.15) is 19.4 Å². The molecule has 0 spiro atoms. The van der Waals surface area contributed by atoms with Gasteiger partial charge < -0.3 is 9.42 Å². The SMILES string of the molecule is CC(C)N(C)c1ccc(CP(C)(=O)Oc2ccccc2)cc1. The van der Waals surface area contributed by atoms with Gasteiger partial charge in [0, 0.05) is 25.4 Å². The first-order valence-corrected chi connectivity index (χ1v) is 9.76. The third-order valence-corrected chi connectivity index (χ3v) is 5.17. The van der Waals surface area contributed by atoms with E-state index in [4.69, 9.17) is 4.52 Å². The molecular formula is C18H24NO2P. The molecule has 0 saturated heterocycles. The van der Waals surface area contributed by atoms with Crippen LogP contribution in [0.4, 0.5) is 5.69 Å². The lowest BCUT2D eigenvalue weighted by Crippen LogP contribution is -2.25. The van der Waals surface area contributed by atoms with E-state index < -0.39 is 7.37 Å². The fourth-order valence-electron chi connectivity index (χ4n) is 2.20. The molecule has 0 saturated carbocycles. The van der Waals surface area contributed by atoms with Crippen molar-refractivity contribution in [2.45, 2.75) is 26.1 Å². The van der Waals surface area contributed by atoms with Crippen LogP contribution in [-0.4, -0.2) is 19.8 Å². The molecular weight excluding hydrogens is 293 g/mol. The van der Waals surface area contributed by atoms with Crippen molar-refractivity contribution in [1.82, 2.24) is 0 Å². The van der Waals surface area contributed by atoms with E-state index in [1.807, 2.05) is 42.5 Å². The molecule has 4 heteroatoms. The van der Waals surface area contributed by atoms with E-state index in [1.165, 1.54) is 0 Å². The van der Waals surface area contributed by atoms with Crippen LogP contribution in [0, 0.1) is 0 Å². The summed E-state index contributed by atoms with van der Waals surface area (Å²) < 4.78 is 18.3. The van der Waals surface area contributed by atoms with E-state index in [1.54, 1.807) is 6.66 Å². The molecule has 0 aliphatic carbocycles. The van der Waals surface area contributed by atoms with Crippen molar-refractivity contribution in [1.29, 1.82) is 0 Å². The lowest BCUT2D eigenvalue weighted by Gasteiger charge is -2.24. The number of rotatable bonds is 6. The Kier molecular flexibility index (Phi) is 5.31. The van der Waals surface area contributed by atoms with Gasteiger partial charge in [-0.25, -0.2) is 0 Å². The third kappa shape index (κ3) is 4.64. The maximum Gasteiger partial charge on any atom is 0.249 e. The number of anilines is 1. The second-order valence-electron chi connectivity index (χ2n) is 5.95. The van der Waals surface area contributed by atoms with E-state index in [0.717, 1.165) is 11.3 Å². The van der Waals surface area contributed by atoms with Gasteiger partial charge in [0.05, 0.1) is 6.16 Å². The van der Waals surface area contributed by atoms with Gasteiger partial charge in [-0.3, -0.25) is 4.57 Å². The standard InChI is InChI=1S/C18H24NO2P/c1-15(2)19(3)17-12-10-16(11-13-17)14-22(4,20)21-18-8-6-5-7-9-18/h5-13,15H,14H2,1-4H3. The molecule has 0 aliphatic rings. The smallest absolute Gasteiger partial charge is 0.249 e. The number of benzene rings is 2. The highest BCUT2D eigenvalue weighted by Crippen LogP contribution is 2.46. The molecule has 3 nitrogen and oxygen atoms in total. The zero-order valence-electron chi connectivity index (χ0n) is 13.7. The van der Waals surface area contributed by atoms with Crippen molar-refractivity contribution in [3.63, 3.8) is 0 Å². The van der Waals surface area contributed by atoms with Crippen molar-refractivity contribution in [3.05, 3.63) is 60.2 Å². The van der Waals surface area contributed by atoms with Gasteiger partial charge in [-0.05, 0) is 43.7 Å². The molecule has 2 aromatic carbocycles. The fraction of sp³-hybridized carbons (Fsp3) is 0.333. The first-order chi connectivity index (χ1) is 10.4. The first kappa shape index (κ1) is 16.6. The summed E-state index contributed by atoms with van der Waals surface area (Å²) in [5.74, 6) is 0.657. The Morgan fingerprint density at radius 2 is 1.64 bits per heavy atom. The molecule has 0 heterocycles. The molecule has 22 heavy (non-hydrogen) atoms. The van der Waals surface area contributed by atoms with Gasteiger partial charge in [0.1, 0.15) is 5.75 Å². The van der Waals surface area contributed by atoms with Gasteiger partial charge in [-0.2, -0.15) is 0 Å². The molecule has 0 aromatic heterocycles. The number of hydrogen-bond donors (Lipinski definition) is 0. The summed E-state index contributed by atoms with van der Waals surface area (Å²) in [6.45, 7) is 6.00. The van der Waals surface area contributed by atoms with Crippen molar-refractivity contribution < 1.29 is 9.09 Å². The monoisotopic (exact) mass is 317 g/mol. The van der Waals surface area contributed by atoms with E-state index in [9.17, 15) is 4.57 Å². The molecule has 0 fully saturated rings. The van der Waals surface area contributed by atoms with Crippen LogP contribution in [-0.2, 0) is 10.7 Å². The molecule has 2 rings (SSSR count). The summed E-state index contributed by atoms with van der Waals surface area (Å²) in [5, 5.41) is 0. The third-order valence-electron chi connectivity index (χ3n) is 3.63. The van der Waals surface area contributed by atoms with Crippen LogP contribution in [0.15, 0.2) is 54.6 Å². The number of para-hydroxylation sites is 1. The Morgan fingerprint density at radius 1 is 1.05 bits per heavy atom. The van der Waals surface area contributed by atoms with Crippen LogP contribution in [0.25, 0.3) is 0 Å². The van der Waals surface area contributed by atoms with Gasteiger partial charge in [0.25, 0.3) is 0 Å². The molecule has 0 N–H and O–H groups in total. The number of hydrogen-bond acceptors (Lipinski definition) is 3. The summed E-state index contributed by atoms with van der Waals surface area (Å²) in [7, 11) is -0.636. The Labute approximate surface area is 133 Å². The minimum absolute atomic E-state index is 0.438. The second-order valence-corrected chi connectivity index (χ2v) is 8.47. The molecule has 0 radical (unpaired) electrons. The lowest BCUT2D eigenvalue weighted by molar-refractivity contribution is 0.487. The molecule has 118 valence electrons. The van der Waals surface area contributed by atoms with Gasteiger partial charge in [0.2, 0.25) is 7.37 Å². The summed E-state index contributed by atoms with van der Waals surface area (Å²) in [4.78, 5) is 2.20. The first-order valence-electron chi connectivity index (χ1n) is 7.50. The highest BCUT2D eigenvalue weighted by atomic mass is 31.2. The van der Waals surface area contributed by atoms with E-state index in [0.29, 0.717) is 18.0 Å². The van der Waals surface area contributed by atoms with E-state index in [-0.39, 0.29) is 0 Å². The largest absolute Gasteiger partial charge is 0.443 e. The van der Waals surface area contributed by atoms with Crippen LogP contribution < -0.4 is 9.42 Å². The predicted molar refractivity (Wildman–Crippen MR) is 94.3 cm³/mol. The molecule has 0 bridgehead atoms. The quantitative estimate of drug-likeness (QED) is 0.701. The fourth-order valence-corrected chi connectivity index (χ4v) is 3.71. The van der Waals surface area contributed by atoms with Crippen molar-refractivity contribution in [2.75, 3.05) is 18.6 Å². The van der Waals surface area contributed by atoms with Crippen molar-refractivity contribution >= 4 is 13.1 Å². The maximum absolute atomic E-state index is 12.6. The molecule has 0 amide bonds. The normalized spacial score (nSPS) is 13.7. The van der Waals surface area contributed by atoms with Crippen LogP contribution >= 0.6 is 7.37 Å². The average Bonchev–Trinajstić information content (AvgIpc) is 2.47. The summed E-state index contributed by atoms with van der Waals surface area (Å²) >= 11 is 0. The minimum Gasteiger partial charge on any atom is -0.443 e.